The highest BCUT2D eigenvalue weighted by molar-refractivity contribution is 5.81. The van der Waals surface area contributed by atoms with Gasteiger partial charge in [-0.25, -0.2) is 0 Å². The largest absolute Gasteiger partial charge is 0.341 e. The molecule has 2 aliphatic rings. The molecule has 17 heavy (non-hydrogen) atoms. The lowest BCUT2D eigenvalue weighted by atomic mass is 9.84. The number of carbonyl (C=O) groups excluding carboxylic acids is 1. The molecule has 4 nitrogen and oxygen atoms in total. The van der Waals surface area contributed by atoms with Gasteiger partial charge in [-0.15, -0.1) is 0 Å². The predicted octanol–water partition coefficient (Wildman–Crippen LogP) is 0.666. The molecule has 3 atom stereocenters. The van der Waals surface area contributed by atoms with E-state index < -0.39 is 0 Å². The van der Waals surface area contributed by atoms with Crippen molar-refractivity contribution in [2.24, 2.45) is 11.7 Å². The quantitative estimate of drug-likeness (QED) is 0.770. The van der Waals surface area contributed by atoms with Gasteiger partial charge >= 0.3 is 0 Å². The smallest absolute Gasteiger partial charge is 0.239 e. The summed E-state index contributed by atoms with van der Waals surface area (Å²) in [6.07, 6.45) is 4.38. The Labute approximate surface area is 104 Å². The Balaban J connectivity index is 1.95. The van der Waals surface area contributed by atoms with Crippen LogP contribution in [0.15, 0.2) is 0 Å². The van der Waals surface area contributed by atoms with Gasteiger partial charge in [0.05, 0.1) is 6.04 Å². The van der Waals surface area contributed by atoms with Crippen molar-refractivity contribution in [1.29, 1.82) is 0 Å². The van der Waals surface area contributed by atoms with Gasteiger partial charge in [0.2, 0.25) is 5.91 Å². The van der Waals surface area contributed by atoms with Crippen molar-refractivity contribution < 1.29 is 4.79 Å². The number of likely N-dealkylation sites (tertiary alicyclic amines) is 2. The lowest BCUT2D eigenvalue weighted by Gasteiger charge is -2.46. The highest BCUT2D eigenvalue weighted by atomic mass is 16.2. The molecule has 0 aromatic heterocycles. The maximum absolute atomic E-state index is 12.1. The monoisotopic (exact) mass is 239 g/mol. The summed E-state index contributed by atoms with van der Waals surface area (Å²) < 4.78 is 0. The fraction of sp³-hybridized carbons (Fsp3) is 0.923. The summed E-state index contributed by atoms with van der Waals surface area (Å²) in [5.74, 6) is 0.815. The molecule has 2 aliphatic heterocycles. The second-order valence-electron chi connectivity index (χ2n) is 5.54. The average molecular weight is 239 g/mol. The Hall–Kier alpha value is -0.610. The van der Waals surface area contributed by atoms with Crippen LogP contribution in [0.3, 0.4) is 0 Å². The number of hydrogen-bond acceptors (Lipinski definition) is 3. The van der Waals surface area contributed by atoms with E-state index in [0.717, 1.165) is 25.9 Å². The molecule has 0 aliphatic carbocycles. The standard InChI is InChI=1S/C13H25N3O/c1-3-11(14)13(17)16-8-6-12-10(9-16)5-4-7-15(12)2/h10-12H,3-9,14H2,1-2H3. The van der Waals surface area contributed by atoms with Crippen LogP contribution in [0, 0.1) is 5.92 Å². The number of rotatable bonds is 2. The maximum Gasteiger partial charge on any atom is 0.239 e. The lowest BCUT2D eigenvalue weighted by Crippen LogP contribution is -2.56. The van der Waals surface area contributed by atoms with Crippen LogP contribution < -0.4 is 5.73 Å². The van der Waals surface area contributed by atoms with Gasteiger partial charge in [0.15, 0.2) is 0 Å². The summed E-state index contributed by atoms with van der Waals surface area (Å²) >= 11 is 0. The number of amides is 1. The molecule has 4 heteroatoms. The molecule has 98 valence electrons. The first-order valence-electron chi connectivity index (χ1n) is 6.88. The minimum absolute atomic E-state index is 0.152. The van der Waals surface area contributed by atoms with Crippen molar-refractivity contribution in [2.75, 3.05) is 26.7 Å². The van der Waals surface area contributed by atoms with Crippen molar-refractivity contribution in [3.05, 3.63) is 0 Å². The minimum atomic E-state index is -0.298. The molecule has 2 rings (SSSR count). The van der Waals surface area contributed by atoms with E-state index in [4.69, 9.17) is 5.73 Å². The molecule has 0 aromatic carbocycles. The van der Waals surface area contributed by atoms with Crippen LogP contribution in [0.2, 0.25) is 0 Å². The molecule has 0 spiro atoms. The summed E-state index contributed by atoms with van der Waals surface area (Å²) in [5.41, 5.74) is 5.84. The van der Waals surface area contributed by atoms with E-state index in [1.807, 2.05) is 11.8 Å². The van der Waals surface area contributed by atoms with Crippen LogP contribution >= 0.6 is 0 Å². The molecule has 2 N–H and O–H groups in total. The van der Waals surface area contributed by atoms with E-state index in [-0.39, 0.29) is 11.9 Å². The van der Waals surface area contributed by atoms with Gasteiger partial charge in [-0.05, 0) is 45.2 Å². The molecule has 0 saturated carbocycles. The highest BCUT2D eigenvalue weighted by Crippen LogP contribution is 2.29. The third-order valence-corrected chi connectivity index (χ3v) is 4.41. The zero-order valence-electron chi connectivity index (χ0n) is 11.1. The molecule has 0 radical (unpaired) electrons. The topological polar surface area (TPSA) is 49.6 Å². The Morgan fingerprint density at radius 2 is 2.18 bits per heavy atom. The molecule has 1 amide bonds. The van der Waals surface area contributed by atoms with Crippen LogP contribution in [-0.4, -0.2) is 54.5 Å². The number of hydrogen-bond donors (Lipinski definition) is 1. The molecule has 3 unspecified atom stereocenters. The SMILES string of the molecule is CCC(N)C(=O)N1CCC2C(CCCN2C)C1. The molecule has 0 bridgehead atoms. The first-order chi connectivity index (χ1) is 8.13. The van der Waals surface area contributed by atoms with Crippen LogP contribution in [0.5, 0.6) is 0 Å². The van der Waals surface area contributed by atoms with E-state index >= 15 is 0 Å². The Morgan fingerprint density at radius 3 is 2.88 bits per heavy atom. The molecule has 2 saturated heterocycles. The van der Waals surface area contributed by atoms with Gasteiger partial charge < -0.3 is 15.5 Å². The van der Waals surface area contributed by atoms with E-state index in [1.165, 1.54) is 19.4 Å². The van der Waals surface area contributed by atoms with Crippen molar-refractivity contribution in [3.8, 4) is 0 Å². The Morgan fingerprint density at radius 1 is 1.41 bits per heavy atom. The third kappa shape index (κ3) is 2.63. The van der Waals surface area contributed by atoms with Gasteiger partial charge in [-0.3, -0.25) is 4.79 Å². The van der Waals surface area contributed by atoms with Gasteiger partial charge in [-0.1, -0.05) is 6.92 Å². The number of nitrogens with two attached hydrogens (primary N) is 1. The van der Waals surface area contributed by atoms with Crippen LogP contribution in [-0.2, 0) is 4.79 Å². The van der Waals surface area contributed by atoms with Crippen LogP contribution in [0.4, 0.5) is 0 Å². The second kappa shape index (κ2) is 5.36. The van der Waals surface area contributed by atoms with Crippen molar-refractivity contribution in [1.82, 2.24) is 9.80 Å². The number of fused-ring (bicyclic) bond motifs is 1. The first-order valence-corrected chi connectivity index (χ1v) is 6.88. The summed E-state index contributed by atoms with van der Waals surface area (Å²) in [7, 11) is 2.21. The molecule has 2 heterocycles. The average Bonchev–Trinajstić information content (AvgIpc) is 2.37. The predicted molar refractivity (Wildman–Crippen MR) is 68.6 cm³/mol. The summed E-state index contributed by atoms with van der Waals surface area (Å²) in [6.45, 7) is 4.99. The molecule has 2 fully saturated rings. The lowest BCUT2D eigenvalue weighted by molar-refractivity contribution is -0.136. The van der Waals surface area contributed by atoms with E-state index in [1.54, 1.807) is 0 Å². The van der Waals surface area contributed by atoms with E-state index in [9.17, 15) is 4.79 Å². The van der Waals surface area contributed by atoms with Gasteiger partial charge in [0.1, 0.15) is 0 Å². The molecular formula is C13H25N3O. The Kier molecular flexibility index (Phi) is 4.05. The zero-order valence-corrected chi connectivity index (χ0v) is 11.1. The number of nitrogens with zero attached hydrogens (tertiary/aromatic N) is 2. The van der Waals surface area contributed by atoms with Gasteiger partial charge in [-0.2, -0.15) is 0 Å². The van der Waals surface area contributed by atoms with Gasteiger partial charge in [0.25, 0.3) is 0 Å². The zero-order chi connectivity index (χ0) is 12.4. The van der Waals surface area contributed by atoms with E-state index in [0.29, 0.717) is 12.0 Å². The van der Waals surface area contributed by atoms with Gasteiger partial charge in [0, 0.05) is 19.1 Å². The molecular weight excluding hydrogens is 214 g/mol. The highest BCUT2D eigenvalue weighted by Gasteiger charge is 2.36. The Bertz CT molecular complexity index is 282. The fourth-order valence-corrected chi connectivity index (χ4v) is 3.26. The van der Waals surface area contributed by atoms with Crippen LogP contribution in [0.1, 0.15) is 32.6 Å². The summed E-state index contributed by atoms with van der Waals surface area (Å²) in [5, 5.41) is 0. The second-order valence-corrected chi connectivity index (χ2v) is 5.54. The third-order valence-electron chi connectivity index (χ3n) is 4.41. The molecule has 0 aromatic rings. The maximum atomic E-state index is 12.1. The number of piperidine rings is 2. The van der Waals surface area contributed by atoms with Crippen molar-refractivity contribution in [3.63, 3.8) is 0 Å². The van der Waals surface area contributed by atoms with Crippen molar-refractivity contribution >= 4 is 5.91 Å². The minimum Gasteiger partial charge on any atom is -0.341 e. The van der Waals surface area contributed by atoms with Crippen LogP contribution in [0.25, 0.3) is 0 Å². The summed E-state index contributed by atoms with van der Waals surface area (Å²) in [6, 6.07) is 0.388. The fourth-order valence-electron chi connectivity index (χ4n) is 3.26. The van der Waals surface area contributed by atoms with Crippen molar-refractivity contribution in [2.45, 2.75) is 44.7 Å². The number of carbonyl (C=O) groups is 1. The summed E-state index contributed by atoms with van der Waals surface area (Å²) in [4.78, 5) is 16.5. The normalized spacial score (nSPS) is 32.1. The van der Waals surface area contributed by atoms with E-state index in [2.05, 4.69) is 11.9 Å². The first kappa shape index (κ1) is 12.8.